The molecule has 4 aromatic carbocycles. The van der Waals surface area contributed by atoms with Crippen LogP contribution in [0.5, 0.6) is 23.0 Å². The Kier molecular flexibility index (Phi) is 14.2. The number of benzene rings is 4. The number of primary sulfonamides is 2. The Morgan fingerprint density at radius 2 is 1.30 bits per heavy atom. The maximum absolute atomic E-state index is 12.3. The second kappa shape index (κ2) is 19.0. The number of hydrogen-bond donors (Lipinski definition) is 4. The molecule has 0 spiro atoms. The van der Waals surface area contributed by atoms with Crippen molar-refractivity contribution in [1.29, 1.82) is 0 Å². The molecule has 0 atom stereocenters. The first kappa shape index (κ1) is 42.5. The smallest absolute Gasteiger partial charge is 0.241 e. The van der Waals surface area contributed by atoms with Crippen molar-refractivity contribution in [3.63, 3.8) is 0 Å². The number of halogens is 3. The standard InChI is InChI=1S/C19H16ClN3O4S.C18H14Cl2N4O4S/c20-14-9-17(12-22-11-14)27-16-6-4-13(5-7-16)8-19(24)23-15-2-1-3-18(10-15)28(21,25)26;19-14-4-2-1-3-11(14)7-17(25)24-12-5-6-15(16(8-12)29(21,26)27)28-13-9-22-18(20)23-10-13/h1-7,9-12H,8H2,(H,23,24)(H2,21,25,26);1-6,8-10H,7H2,(H,24,25)(H2,21,26,27). The first-order valence-electron chi connectivity index (χ1n) is 16.2. The van der Waals surface area contributed by atoms with Crippen LogP contribution < -0.4 is 30.4 Å². The van der Waals surface area contributed by atoms with Gasteiger partial charge in [-0.3, -0.25) is 14.6 Å². The van der Waals surface area contributed by atoms with Gasteiger partial charge in [0.1, 0.15) is 22.1 Å². The van der Waals surface area contributed by atoms with Gasteiger partial charge in [-0.15, -0.1) is 0 Å². The lowest BCUT2D eigenvalue weighted by atomic mass is 10.1. The molecule has 294 valence electrons. The average molecular weight is 871 g/mol. The van der Waals surface area contributed by atoms with Crippen LogP contribution in [0.2, 0.25) is 15.3 Å². The molecule has 0 unspecified atom stereocenters. The molecule has 0 bridgehead atoms. The minimum atomic E-state index is -4.15. The van der Waals surface area contributed by atoms with Gasteiger partial charge in [-0.25, -0.2) is 37.1 Å². The Labute approximate surface area is 342 Å². The largest absolute Gasteiger partial charge is 0.456 e. The molecule has 0 saturated heterocycles. The van der Waals surface area contributed by atoms with E-state index in [1.807, 2.05) is 0 Å². The van der Waals surface area contributed by atoms with E-state index >= 15 is 0 Å². The van der Waals surface area contributed by atoms with Gasteiger partial charge in [0.2, 0.25) is 37.1 Å². The van der Waals surface area contributed by atoms with Crippen molar-refractivity contribution in [3.8, 4) is 23.0 Å². The average Bonchev–Trinajstić information content (AvgIpc) is 3.14. The van der Waals surface area contributed by atoms with Crippen molar-refractivity contribution >= 4 is 78.0 Å². The van der Waals surface area contributed by atoms with Crippen LogP contribution >= 0.6 is 34.8 Å². The van der Waals surface area contributed by atoms with Gasteiger partial charge in [-0.2, -0.15) is 0 Å². The Hall–Kier alpha value is -5.66. The Balaban J connectivity index is 0.000000218. The number of nitrogens with zero attached hydrogens (tertiary/aromatic N) is 3. The van der Waals surface area contributed by atoms with Gasteiger partial charge in [-0.05, 0) is 77.3 Å². The van der Waals surface area contributed by atoms with E-state index < -0.39 is 20.0 Å². The molecule has 6 rings (SSSR count). The van der Waals surface area contributed by atoms with E-state index in [2.05, 4.69) is 25.6 Å². The number of ether oxygens (including phenoxy) is 2. The van der Waals surface area contributed by atoms with Gasteiger partial charge >= 0.3 is 0 Å². The Bertz CT molecular complexity index is 2620. The van der Waals surface area contributed by atoms with Gasteiger partial charge < -0.3 is 20.1 Å². The SMILES string of the molecule is NS(=O)(=O)c1cc(NC(=O)Cc2ccccc2Cl)ccc1Oc1cnc(Cl)nc1.NS(=O)(=O)c1cccc(NC(=O)Cc2ccc(Oc3cncc(Cl)c3)cc2)c1. The zero-order chi connectivity index (χ0) is 41.2. The minimum Gasteiger partial charge on any atom is -0.456 e. The maximum atomic E-state index is 12.3. The summed E-state index contributed by atoms with van der Waals surface area (Å²) in [6.45, 7) is 0. The first-order chi connectivity index (χ1) is 27.0. The van der Waals surface area contributed by atoms with Gasteiger partial charge in [0.05, 0.1) is 41.4 Å². The lowest BCUT2D eigenvalue weighted by molar-refractivity contribution is -0.116. The van der Waals surface area contributed by atoms with Gasteiger partial charge in [0.15, 0.2) is 5.75 Å². The van der Waals surface area contributed by atoms with Crippen LogP contribution in [0.3, 0.4) is 0 Å². The van der Waals surface area contributed by atoms with Crippen molar-refractivity contribution in [2.24, 2.45) is 10.3 Å². The number of anilines is 2. The van der Waals surface area contributed by atoms with E-state index in [4.69, 9.17) is 54.6 Å². The fourth-order valence-corrected chi connectivity index (χ4v) is 6.50. The van der Waals surface area contributed by atoms with E-state index in [-0.39, 0.29) is 56.9 Å². The molecular formula is C37H30Cl3N7O8S2. The van der Waals surface area contributed by atoms with Gasteiger partial charge in [-0.1, -0.05) is 59.6 Å². The summed E-state index contributed by atoms with van der Waals surface area (Å²) in [7, 11) is -7.98. The summed E-state index contributed by atoms with van der Waals surface area (Å²) >= 11 is 17.5. The number of carbonyl (C=O) groups is 2. The maximum Gasteiger partial charge on any atom is 0.241 e. The highest BCUT2D eigenvalue weighted by Crippen LogP contribution is 2.31. The molecule has 0 aliphatic carbocycles. The monoisotopic (exact) mass is 869 g/mol. The van der Waals surface area contributed by atoms with Crippen molar-refractivity contribution in [1.82, 2.24) is 15.0 Å². The first-order valence-corrected chi connectivity index (χ1v) is 20.4. The second-order valence-corrected chi connectivity index (χ2v) is 16.0. The number of hydrogen-bond acceptors (Lipinski definition) is 11. The van der Waals surface area contributed by atoms with Crippen molar-refractivity contribution in [2.75, 3.05) is 10.6 Å². The lowest BCUT2D eigenvalue weighted by Gasteiger charge is -2.12. The molecule has 57 heavy (non-hydrogen) atoms. The molecule has 0 aliphatic heterocycles. The summed E-state index contributed by atoms with van der Waals surface area (Å²) in [4.78, 5) is 35.6. The van der Waals surface area contributed by atoms with Crippen LogP contribution in [0.25, 0.3) is 0 Å². The number of rotatable bonds is 12. The third-order valence-electron chi connectivity index (χ3n) is 7.32. The topological polar surface area (TPSA) is 236 Å². The minimum absolute atomic E-state index is 0.0144. The summed E-state index contributed by atoms with van der Waals surface area (Å²) in [5.74, 6) is 0.525. The molecule has 2 amide bonds. The molecule has 6 aromatic rings. The third-order valence-corrected chi connectivity index (χ3v) is 9.93. The van der Waals surface area contributed by atoms with E-state index in [1.54, 1.807) is 66.9 Å². The zero-order valence-corrected chi connectivity index (χ0v) is 33.1. The Morgan fingerprint density at radius 3 is 1.95 bits per heavy atom. The summed E-state index contributed by atoms with van der Waals surface area (Å²) in [5.41, 5.74) is 1.98. The lowest BCUT2D eigenvalue weighted by Crippen LogP contribution is -2.17. The van der Waals surface area contributed by atoms with Crippen LogP contribution in [0, 0.1) is 0 Å². The molecule has 0 radical (unpaired) electrons. The highest BCUT2D eigenvalue weighted by Gasteiger charge is 2.19. The van der Waals surface area contributed by atoms with E-state index in [1.165, 1.54) is 55.0 Å². The molecule has 0 saturated carbocycles. The fraction of sp³-hybridized carbons (Fsp3) is 0.0541. The predicted octanol–water partition coefficient (Wildman–Crippen LogP) is 6.76. The van der Waals surface area contributed by atoms with Crippen LogP contribution in [0.1, 0.15) is 11.1 Å². The Morgan fingerprint density at radius 1 is 0.632 bits per heavy atom. The molecule has 20 heteroatoms. The molecule has 6 N–H and O–H groups in total. The molecular weight excluding hydrogens is 841 g/mol. The molecule has 15 nitrogen and oxygen atoms in total. The zero-order valence-electron chi connectivity index (χ0n) is 29.2. The number of pyridine rings is 1. The number of nitrogens with one attached hydrogen (secondary N) is 2. The van der Waals surface area contributed by atoms with E-state index in [9.17, 15) is 26.4 Å². The van der Waals surface area contributed by atoms with Crippen molar-refractivity contribution in [3.05, 3.63) is 148 Å². The summed E-state index contributed by atoms with van der Waals surface area (Å²) < 4.78 is 57.9. The van der Waals surface area contributed by atoms with Gasteiger partial charge in [0.25, 0.3) is 0 Å². The fourth-order valence-electron chi connectivity index (χ4n) is 4.79. The summed E-state index contributed by atoms with van der Waals surface area (Å²) in [6, 6.07) is 25.3. The third kappa shape index (κ3) is 13.2. The number of sulfonamides is 2. The highest BCUT2D eigenvalue weighted by molar-refractivity contribution is 7.89. The number of nitrogens with two attached hydrogens (primary N) is 2. The summed E-state index contributed by atoms with van der Waals surface area (Å²) in [6.07, 6.45) is 5.74. The van der Waals surface area contributed by atoms with Crippen LogP contribution in [0.15, 0.2) is 132 Å². The van der Waals surface area contributed by atoms with Crippen LogP contribution in [0.4, 0.5) is 11.4 Å². The molecule has 2 heterocycles. The summed E-state index contributed by atoms with van der Waals surface area (Å²) in [5, 5.41) is 16.6. The van der Waals surface area contributed by atoms with Crippen molar-refractivity contribution in [2.45, 2.75) is 22.6 Å². The second-order valence-electron chi connectivity index (χ2n) is 11.7. The number of amides is 2. The molecule has 0 fully saturated rings. The van der Waals surface area contributed by atoms with Gasteiger partial charge in [0, 0.05) is 28.7 Å². The quantitative estimate of drug-likeness (QED) is 0.0938. The van der Waals surface area contributed by atoms with Crippen LogP contribution in [-0.2, 0) is 42.5 Å². The molecule has 2 aromatic heterocycles. The molecule has 0 aliphatic rings. The predicted molar refractivity (Wildman–Crippen MR) is 215 cm³/mol. The van der Waals surface area contributed by atoms with E-state index in [0.717, 1.165) is 5.56 Å². The highest BCUT2D eigenvalue weighted by atomic mass is 35.5. The van der Waals surface area contributed by atoms with Crippen LogP contribution in [-0.4, -0.2) is 43.6 Å². The number of carbonyl (C=O) groups excluding carboxylic acids is 2. The normalized spacial score (nSPS) is 11.1. The number of aromatic nitrogens is 3. The van der Waals surface area contributed by atoms with E-state index in [0.29, 0.717) is 32.8 Å². The van der Waals surface area contributed by atoms with Crippen molar-refractivity contribution < 1.29 is 35.9 Å².